The number of hydrogen-bond donors (Lipinski definition) is 2. The zero-order valence-corrected chi connectivity index (χ0v) is 9.41. The summed E-state index contributed by atoms with van der Waals surface area (Å²) in [5.41, 5.74) is 0. The molecule has 0 bridgehead atoms. The molecule has 7 heteroatoms. The van der Waals surface area contributed by atoms with Crippen molar-refractivity contribution in [2.24, 2.45) is 0 Å². The Balaban J connectivity index is 2.04. The maximum atomic E-state index is 12.1. The second-order valence-corrected chi connectivity index (χ2v) is 4.28. The molecule has 2 saturated heterocycles. The molecule has 2 heterocycles. The fourth-order valence-corrected chi connectivity index (χ4v) is 2.20. The number of carboxylic acid groups (broad SMARTS) is 1. The predicted molar refractivity (Wildman–Crippen MR) is 56.5 cm³/mol. The molecule has 0 radical (unpaired) electrons. The van der Waals surface area contributed by atoms with Gasteiger partial charge in [-0.3, -0.25) is 0 Å². The van der Waals surface area contributed by atoms with E-state index < -0.39 is 18.1 Å². The Labute approximate surface area is 98.6 Å². The van der Waals surface area contributed by atoms with Gasteiger partial charge in [0, 0.05) is 26.1 Å². The SMILES string of the molecule is O=C(O)C1CC(O)CN1C(=O)N1CCOCC1. The van der Waals surface area contributed by atoms with Gasteiger partial charge in [-0.1, -0.05) is 0 Å². The van der Waals surface area contributed by atoms with Crippen LogP contribution in [0.2, 0.25) is 0 Å². The Kier molecular flexibility index (Phi) is 3.49. The van der Waals surface area contributed by atoms with E-state index in [1.54, 1.807) is 4.90 Å². The van der Waals surface area contributed by atoms with E-state index >= 15 is 0 Å². The van der Waals surface area contributed by atoms with E-state index in [-0.39, 0.29) is 19.0 Å². The maximum Gasteiger partial charge on any atom is 0.326 e. The Morgan fingerprint density at radius 1 is 1.24 bits per heavy atom. The van der Waals surface area contributed by atoms with Crippen LogP contribution in [0.5, 0.6) is 0 Å². The van der Waals surface area contributed by atoms with E-state index in [9.17, 15) is 14.7 Å². The fourth-order valence-electron chi connectivity index (χ4n) is 2.20. The molecular formula is C10H16N2O5. The average Bonchev–Trinajstić information content (AvgIpc) is 2.72. The molecule has 2 aliphatic rings. The summed E-state index contributed by atoms with van der Waals surface area (Å²) in [4.78, 5) is 25.9. The highest BCUT2D eigenvalue weighted by atomic mass is 16.5. The van der Waals surface area contributed by atoms with Crippen molar-refractivity contribution in [3.05, 3.63) is 0 Å². The molecule has 0 saturated carbocycles. The molecule has 2 rings (SSSR count). The van der Waals surface area contributed by atoms with E-state index in [0.29, 0.717) is 26.3 Å². The third-order valence-electron chi connectivity index (χ3n) is 3.09. The molecule has 0 aromatic heterocycles. The Morgan fingerprint density at radius 3 is 2.47 bits per heavy atom. The quantitative estimate of drug-likeness (QED) is 0.615. The highest BCUT2D eigenvalue weighted by Crippen LogP contribution is 2.20. The molecule has 2 amide bonds. The number of morpholine rings is 1. The number of carboxylic acids is 1. The minimum absolute atomic E-state index is 0.0904. The zero-order valence-electron chi connectivity index (χ0n) is 9.41. The molecule has 0 aromatic carbocycles. The van der Waals surface area contributed by atoms with E-state index in [4.69, 9.17) is 9.84 Å². The van der Waals surface area contributed by atoms with E-state index in [1.165, 1.54) is 4.90 Å². The Morgan fingerprint density at radius 2 is 1.88 bits per heavy atom. The average molecular weight is 244 g/mol. The minimum atomic E-state index is -1.07. The van der Waals surface area contributed by atoms with Gasteiger partial charge < -0.3 is 24.7 Å². The van der Waals surface area contributed by atoms with Crippen molar-refractivity contribution in [3.8, 4) is 0 Å². The first-order chi connectivity index (χ1) is 8.09. The van der Waals surface area contributed by atoms with Crippen LogP contribution < -0.4 is 0 Å². The number of aliphatic carboxylic acids is 1. The first kappa shape index (κ1) is 12.1. The number of ether oxygens (including phenoxy) is 1. The number of aliphatic hydroxyl groups is 1. The second-order valence-electron chi connectivity index (χ2n) is 4.28. The molecule has 17 heavy (non-hydrogen) atoms. The van der Waals surface area contributed by atoms with E-state index in [0.717, 1.165) is 0 Å². The van der Waals surface area contributed by atoms with Crippen LogP contribution in [0.15, 0.2) is 0 Å². The first-order valence-corrected chi connectivity index (χ1v) is 5.63. The van der Waals surface area contributed by atoms with E-state index in [2.05, 4.69) is 0 Å². The summed E-state index contributed by atoms with van der Waals surface area (Å²) in [7, 11) is 0. The summed E-state index contributed by atoms with van der Waals surface area (Å²) in [6.07, 6.45) is -0.646. The molecular weight excluding hydrogens is 228 g/mol. The van der Waals surface area contributed by atoms with Crippen molar-refractivity contribution in [2.45, 2.75) is 18.6 Å². The zero-order chi connectivity index (χ0) is 12.4. The highest BCUT2D eigenvalue weighted by Gasteiger charge is 2.40. The van der Waals surface area contributed by atoms with Gasteiger partial charge in [-0.2, -0.15) is 0 Å². The number of hydrogen-bond acceptors (Lipinski definition) is 4. The summed E-state index contributed by atoms with van der Waals surface area (Å²) >= 11 is 0. The molecule has 2 fully saturated rings. The normalized spacial score (nSPS) is 29.5. The largest absolute Gasteiger partial charge is 0.480 e. The number of nitrogens with zero attached hydrogens (tertiary/aromatic N) is 2. The topological polar surface area (TPSA) is 90.3 Å². The Bertz CT molecular complexity index is 316. The van der Waals surface area contributed by atoms with Gasteiger partial charge in [-0.05, 0) is 0 Å². The van der Waals surface area contributed by atoms with Crippen molar-refractivity contribution < 1.29 is 24.5 Å². The van der Waals surface area contributed by atoms with Crippen LogP contribution in [0, 0.1) is 0 Å². The summed E-state index contributed by atoms with van der Waals surface area (Å²) in [6.45, 7) is 1.97. The first-order valence-electron chi connectivity index (χ1n) is 5.63. The minimum Gasteiger partial charge on any atom is -0.480 e. The molecule has 0 aromatic rings. The standard InChI is InChI=1S/C10H16N2O5/c13-7-5-8(9(14)15)12(6-7)10(16)11-1-3-17-4-2-11/h7-8,13H,1-6H2,(H,14,15). The highest BCUT2D eigenvalue weighted by molar-refractivity contribution is 5.83. The van der Waals surface area contributed by atoms with Crippen LogP contribution >= 0.6 is 0 Å². The number of rotatable bonds is 1. The molecule has 2 unspecified atom stereocenters. The lowest BCUT2D eigenvalue weighted by Crippen LogP contribution is -2.51. The van der Waals surface area contributed by atoms with Gasteiger partial charge in [0.15, 0.2) is 0 Å². The van der Waals surface area contributed by atoms with Crippen LogP contribution in [-0.2, 0) is 9.53 Å². The van der Waals surface area contributed by atoms with Gasteiger partial charge in [-0.25, -0.2) is 9.59 Å². The number of amides is 2. The van der Waals surface area contributed by atoms with Crippen LogP contribution in [-0.4, -0.2) is 77.0 Å². The Hall–Kier alpha value is -1.34. The monoisotopic (exact) mass is 244 g/mol. The van der Waals surface area contributed by atoms with Gasteiger partial charge in [-0.15, -0.1) is 0 Å². The van der Waals surface area contributed by atoms with Gasteiger partial charge >= 0.3 is 12.0 Å². The van der Waals surface area contributed by atoms with Crippen molar-refractivity contribution in [1.82, 2.24) is 9.80 Å². The van der Waals surface area contributed by atoms with Crippen LogP contribution in [0.25, 0.3) is 0 Å². The van der Waals surface area contributed by atoms with Gasteiger partial charge in [0.1, 0.15) is 6.04 Å². The summed E-state index contributed by atoms with van der Waals surface area (Å²) in [5, 5.41) is 18.5. The third-order valence-corrected chi connectivity index (χ3v) is 3.09. The summed E-state index contributed by atoms with van der Waals surface area (Å²) in [5.74, 6) is -1.07. The number of carbonyl (C=O) groups is 2. The number of β-amino-alcohol motifs (C(OH)–C–C–N with tert-alkyl or cyclic N) is 1. The molecule has 2 N–H and O–H groups in total. The van der Waals surface area contributed by atoms with E-state index in [1.807, 2.05) is 0 Å². The number of urea groups is 1. The van der Waals surface area contributed by atoms with Crippen molar-refractivity contribution in [3.63, 3.8) is 0 Å². The predicted octanol–water partition coefficient (Wildman–Crippen LogP) is -1.04. The van der Waals surface area contributed by atoms with Crippen molar-refractivity contribution >= 4 is 12.0 Å². The molecule has 2 aliphatic heterocycles. The maximum absolute atomic E-state index is 12.1. The molecule has 0 spiro atoms. The van der Waals surface area contributed by atoms with Crippen molar-refractivity contribution in [2.75, 3.05) is 32.8 Å². The van der Waals surface area contributed by atoms with Crippen molar-refractivity contribution in [1.29, 1.82) is 0 Å². The van der Waals surface area contributed by atoms with Crippen LogP contribution in [0.4, 0.5) is 4.79 Å². The number of aliphatic hydroxyl groups excluding tert-OH is 1. The molecule has 2 atom stereocenters. The van der Waals surface area contributed by atoms with Gasteiger partial charge in [0.25, 0.3) is 0 Å². The molecule has 96 valence electrons. The lowest BCUT2D eigenvalue weighted by Gasteiger charge is -2.32. The number of carbonyl (C=O) groups excluding carboxylic acids is 1. The summed E-state index contributed by atoms with van der Waals surface area (Å²) in [6, 6.07) is -1.24. The smallest absolute Gasteiger partial charge is 0.326 e. The lowest BCUT2D eigenvalue weighted by atomic mass is 10.2. The van der Waals surface area contributed by atoms with Crippen LogP contribution in [0.3, 0.4) is 0 Å². The fraction of sp³-hybridized carbons (Fsp3) is 0.800. The van der Waals surface area contributed by atoms with Gasteiger partial charge in [0.2, 0.25) is 0 Å². The summed E-state index contributed by atoms with van der Waals surface area (Å²) < 4.78 is 5.13. The second kappa shape index (κ2) is 4.89. The molecule has 7 nitrogen and oxygen atoms in total. The number of likely N-dealkylation sites (tertiary alicyclic amines) is 1. The van der Waals surface area contributed by atoms with Crippen LogP contribution in [0.1, 0.15) is 6.42 Å². The molecule has 0 aliphatic carbocycles. The van der Waals surface area contributed by atoms with Gasteiger partial charge in [0.05, 0.1) is 19.3 Å². The third kappa shape index (κ3) is 2.50. The lowest BCUT2D eigenvalue weighted by molar-refractivity contribution is -0.141.